The van der Waals surface area contributed by atoms with Crippen LogP contribution in [0, 0.1) is 0 Å². The Labute approximate surface area is 285 Å². The van der Waals surface area contributed by atoms with Crippen molar-refractivity contribution >= 4 is 47.2 Å². The number of amides is 4. The summed E-state index contributed by atoms with van der Waals surface area (Å²) in [7, 11) is 0. The van der Waals surface area contributed by atoms with Gasteiger partial charge in [-0.2, -0.15) is 23.2 Å². The van der Waals surface area contributed by atoms with E-state index < -0.39 is 45.9 Å². The van der Waals surface area contributed by atoms with E-state index in [-0.39, 0.29) is 13.1 Å². The van der Waals surface area contributed by atoms with Crippen molar-refractivity contribution < 1.29 is 32.8 Å². The normalized spacial score (nSPS) is 11.6. The maximum Gasteiger partial charge on any atom is 0.416 e. The first-order chi connectivity index (χ1) is 21.9. The fraction of sp³-hybridized carbons (Fsp3) is 0.433. The quantitative estimate of drug-likeness (QED) is 0.0840. The number of urea groups is 2. The first-order valence-electron chi connectivity index (χ1n) is 14.2. The van der Waals surface area contributed by atoms with Crippen LogP contribution in [0.15, 0.2) is 58.6 Å². The van der Waals surface area contributed by atoms with E-state index in [0.717, 1.165) is 20.5 Å². The van der Waals surface area contributed by atoms with Crippen LogP contribution in [0.4, 0.5) is 22.8 Å². The van der Waals surface area contributed by atoms with Gasteiger partial charge in [-0.1, -0.05) is 11.6 Å². The van der Waals surface area contributed by atoms with Crippen molar-refractivity contribution in [2.75, 3.05) is 25.6 Å². The number of thioether (sulfide) groups is 2. The lowest BCUT2D eigenvalue weighted by atomic mass is 10.0. The van der Waals surface area contributed by atoms with Gasteiger partial charge in [0.1, 0.15) is 5.15 Å². The SMILES string of the molecule is CCN(O)C(=O)NC(C)(C)c1cc(SC)ccn1.CCN(Oc1cc(C(F)(F)F)cc(Cl)n1)C(=O)NC(C)(C)c1cc(SC)ccn1. The number of carbonyl (C=O) groups is 2. The highest BCUT2D eigenvalue weighted by Crippen LogP contribution is 2.33. The van der Waals surface area contributed by atoms with Gasteiger partial charge in [-0.25, -0.2) is 14.7 Å². The number of halogens is 4. The number of nitrogens with zero attached hydrogens (tertiary/aromatic N) is 5. The third kappa shape index (κ3) is 11.9. The summed E-state index contributed by atoms with van der Waals surface area (Å²) in [6.07, 6.45) is 2.63. The molecule has 0 aromatic carbocycles. The van der Waals surface area contributed by atoms with Crippen LogP contribution in [-0.4, -0.2) is 67.9 Å². The van der Waals surface area contributed by atoms with Crippen LogP contribution < -0.4 is 15.5 Å². The average Bonchev–Trinajstić information content (AvgIpc) is 3.02. The van der Waals surface area contributed by atoms with E-state index in [1.807, 2.05) is 50.6 Å². The Morgan fingerprint density at radius 1 is 0.872 bits per heavy atom. The van der Waals surface area contributed by atoms with Crippen LogP contribution in [0.2, 0.25) is 5.15 Å². The monoisotopic (exact) mass is 717 g/mol. The second-order valence-electron chi connectivity index (χ2n) is 10.8. The molecule has 3 N–H and O–H groups in total. The zero-order valence-electron chi connectivity index (χ0n) is 27.3. The number of aromatic nitrogens is 3. The summed E-state index contributed by atoms with van der Waals surface area (Å²) in [6.45, 7) is 10.8. The van der Waals surface area contributed by atoms with Crippen LogP contribution in [0.5, 0.6) is 5.88 Å². The highest BCUT2D eigenvalue weighted by molar-refractivity contribution is 7.98. The minimum absolute atomic E-state index is 0.0513. The van der Waals surface area contributed by atoms with Crippen molar-refractivity contribution in [3.8, 4) is 5.88 Å². The predicted molar refractivity (Wildman–Crippen MR) is 177 cm³/mol. The van der Waals surface area contributed by atoms with E-state index in [0.29, 0.717) is 22.9 Å². The van der Waals surface area contributed by atoms with Gasteiger partial charge < -0.3 is 15.5 Å². The Balaban J connectivity index is 0.000000366. The molecule has 4 amide bonds. The summed E-state index contributed by atoms with van der Waals surface area (Å²) in [5, 5.41) is 15.9. The van der Waals surface area contributed by atoms with Crippen molar-refractivity contribution in [1.82, 2.24) is 35.7 Å². The second-order valence-corrected chi connectivity index (χ2v) is 12.9. The van der Waals surface area contributed by atoms with Crippen LogP contribution in [0.1, 0.15) is 58.5 Å². The summed E-state index contributed by atoms with van der Waals surface area (Å²) < 4.78 is 38.9. The molecular weight excluding hydrogens is 679 g/mol. The van der Waals surface area contributed by atoms with E-state index >= 15 is 0 Å². The molecule has 3 rings (SSSR count). The minimum Gasteiger partial charge on any atom is -0.355 e. The van der Waals surface area contributed by atoms with Gasteiger partial charge in [-0.3, -0.25) is 15.2 Å². The molecule has 0 aliphatic rings. The smallest absolute Gasteiger partial charge is 0.355 e. The number of hydrogen-bond acceptors (Lipinski definition) is 9. The highest BCUT2D eigenvalue weighted by atomic mass is 35.5. The van der Waals surface area contributed by atoms with Gasteiger partial charge in [0.2, 0.25) is 5.88 Å². The van der Waals surface area contributed by atoms with Crippen LogP contribution in [-0.2, 0) is 17.3 Å². The Morgan fingerprint density at radius 2 is 1.36 bits per heavy atom. The Bertz CT molecular complexity index is 1520. The molecular formula is C30H39ClF3N7O4S2. The predicted octanol–water partition coefficient (Wildman–Crippen LogP) is 7.59. The van der Waals surface area contributed by atoms with E-state index in [4.69, 9.17) is 16.4 Å². The topological polar surface area (TPSA) is 133 Å². The summed E-state index contributed by atoms with van der Waals surface area (Å²) in [5.41, 5.74) is -1.15. The fourth-order valence-electron chi connectivity index (χ4n) is 3.74. The van der Waals surface area contributed by atoms with Gasteiger partial charge in [0.25, 0.3) is 0 Å². The maximum absolute atomic E-state index is 13.0. The molecule has 0 radical (unpaired) electrons. The van der Waals surface area contributed by atoms with E-state index in [1.54, 1.807) is 51.9 Å². The van der Waals surface area contributed by atoms with Gasteiger partial charge in [0.05, 0.1) is 34.6 Å². The molecule has 0 aliphatic heterocycles. The zero-order valence-corrected chi connectivity index (χ0v) is 29.7. The molecule has 3 aromatic rings. The molecule has 0 fully saturated rings. The highest BCUT2D eigenvalue weighted by Gasteiger charge is 2.33. The van der Waals surface area contributed by atoms with Crippen LogP contribution in [0.3, 0.4) is 0 Å². The van der Waals surface area contributed by atoms with Gasteiger partial charge in [-0.05, 0) is 84.4 Å². The standard InChI is InChI=1S/C18H20ClF3N4O2S.C12H19N3O2S/c1-5-26(28-15-9-11(18(20,21)22)8-14(19)24-15)16(27)25-17(2,3)13-10-12(29-4)6-7-23-13;1-5-15(17)11(16)14-12(2,3)10-8-9(18-4)6-7-13-10/h6-10H,5H2,1-4H3,(H,25,27);6-8,17H,5H2,1-4H3,(H,14,16). The average molecular weight is 718 g/mol. The Morgan fingerprint density at radius 3 is 1.79 bits per heavy atom. The summed E-state index contributed by atoms with van der Waals surface area (Å²) >= 11 is 8.81. The molecule has 0 saturated heterocycles. The van der Waals surface area contributed by atoms with Crippen molar-refractivity contribution in [1.29, 1.82) is 0 Å². The lowest BCUT2D eigenvalue weighted by molar-refractivity contribution is -0.138. The lowest BCUT2D eigenvalue weighted by Gasteiger charge is -2.29. The Hall–Kier alpha value is -3.47. The number of nitrogens with one attached hydrogen (secondary N) is 2. The summed E-state index contributed by atoms with van der Waals surface area (Å²) in [5.74, 6) is -0.442. The molecule has 258 valence electrons. The molecule has 0 spiro atoms. The number of hydroxylamine groups is 4. The number of hydrogen-bond donors (Lipinski definition) is 3. The third-order valence-electron chi connectivity index (χ3n) is 6.40. The molecule has 0 atom stereocenters. The molecule has 0 saturated carbocycles. The molecule has 3 aromatic heterocycles. The van der Waals surface area contributed by atoms with Crippen LogP contribution >= 0.6 is 35.1 Å². The Kier molecular flexibility index (Phi) is 14.4. The molecule has 47 heavy (non-hydrogen) atoms. The lowest BCUT2D eigenvalue weighted by Crippen LogP contribution is -2.50. The van der Waals surface area contributed by atoms with Gasteiger partial charge in [-0.15, -0.1) is 23.5 Å². The zero-order chi connectivity index (χ0) is 35.6. The van der Waals surface area contributed by atoms with E-state index in [2.05, 4.69) is 25.6 Å². The number of carbonyl (C=O) groups excluding carboxylic acids is 2. The molecule has 0 unspecified atom stereocenters. The fourth-order valence-corrected chi connectivity index (χ4v) is 4.79. The minimum atomic E-state index is -4.63. The van der Waals surface area contributed by atoms with E-state index in [1.165, 1.54) is 11.8 Å². The molecule has 0 aliphatic carbocycles. The van der Waals surface area contributed by atoms with E-state index in [9.17, 15) is 28.0 Å². The third-order valence-corrected chi connectivity index (χ3v) is 8.05. The summed E-state index contributed by atoms with van der Waals surface area (Å²) in [6, 6.07) is 7.69. The van der Waals surface area contributed by atoms with Crippen molar-refractivity contribution in [2.45, 2.75) is 68.6 Å². The summed E-state index contributed by atoms with van der Waals surface area (Å²) in [4.78, 5) is 43.9. The second kappa shape index (κ2) is 17.1. The first kappa shape index (κ1) is 39.7. The first-order valence-corrected chi connectivity index (χ1v) is 17.0. The van der Waals surface area contributed by atoms with Crippen molar-refractivity contribution in [3.05, 3.63) is 70.9 Å². The van der Waals surface area contributed by atoms with Gasteiger partial charge >= 0.3 is 18.2 Å². The molecule has 3 heterocycles. The largest absolute Gasteiger partial charge is 0.416 e. The van der Waals surface area contributed by atoms with Crippen LogP contribution in [0.25, 0.3) is 0 Å². The van der Waals surface area contributed by atoms with Crippen molar-refractivity contribution in [2.24, 2.45) is 0 Å². The number of rotatable bonds is 10. The molecule has 11 nitrogen and oxygen atoms in total. The van der Waals surface area contributed by atoms with Crippen molar-refractivity contribution in [3.63, 3.8) is 0 Å². The number of alkyl halides is 3. The van der Waals surface area contributed by atoms with Gasteiger partial charge in [0.15, 0.2) is 0 Å². The molecule has 0 bridgehead atoms. The molecule has 17 heteroatoms. The van der Waals surface area contributed by atoms with Gasteiger partial charge in [0, 0.05) is 34.8 Å². The maximum atomic E-state index is 13.0. The number of pyridine rings is 3.